The molecule has 7 heteroatoms. The fourth-order valence-corrected chi connectivity index (χ4v) is 10.4. The minimum Gasteiger partial charge on any atom is -0.309 e. The van der Waals surface area contributed by atoms with E-state index in [9.17, 15) is 0 Å². The van der Waals surface area contributed by atoms with Crippen LogP contribution in [-0.4, -0.2) is 33.6 Å². The third kappa shape index (κ3) is 6.29. The summed E-state index contributed by atoms with van der Waals surface area (Å²) in [4.78, 5) is 20.3. The Balaban J connectivity index is 0.889. The highest BCUT2D eigenvalue weighted by Gasteiger charge is 2.20. The summed E-state index contributed by atoms with van der Waals surface area (Å²) in [5.41, 5.74) is 15.6. The van der Waals surface area contributed by atoms with E-state index in [1.807, 2.05) is 36.7 Å². The maximum Gasteiger partial charge on any atom is 0.162 e. The van der Waals surface area contributed by atoms with Gasteiger partial charge >= 0.3 is 0 Å². The smallest absolute Gasteiger partial charge is 0.162 e. The van der Waals surface area contributed by atoms with Crippen LogP contribution in [0.15, 0.2) is 237 Å². The van der Waals surface area contributed by atoms with Gasteiger partial charge < -0.3 is 9.13 Å². The lowest BCUT2D eigenvalue weighted by molar-refractivity contribution is 1.05. The predicted molar refractivity (Wildman–Crippen MR) is 282 cm³/mol. The monoisotopic (exact) mass is 881 g/mol. The minimum absolute atomic E-state index is 0.675. The minimum atomic E-state index is 0.675. The Morgan fingerprint density at radius 3 is 1.61 bits per heavy atom. The zero-order valence-electron chi connectivity index (χ0n) is 37.1. The SMILES string of the molecule is c1ccc(-c2cc(-n3c4ccccc4c4ccc(-c5cccc(-c6ccc7c(c6)c6ccccc6n7-c6ccc7c(c6)c6ccncc6n7-c6ccccc6)n5)cc43)nc(-c3ccccc3)n2)cc1. The van der Waals surface area contributed by atoms with E-state index < -0.39 is 0 Å². The van der Waals surface area contributed by atoms with Crippen molar-refractivity contribution in [2.45, 2.75) is 0 Å². The van der Waals surface area contributed by atoms with E-state index in [2.05, 4.69) is 219 Å². The number of benzene rings is 8. The quantitative estimate of drug-likeness (QED) is 0.160. The van der Waals surface area contributed by atoms with E-state index in [0.717, 1.165) is 100 Å². The third-order valence-corrected chi connectivity index (χ3v) is 13.6. The van der Waals surface area contributed by atoms with E-state index in [1.54, 1.807) is 0 Å². The Morgan fingerprint density at radius 2 is 0.841 bits per heavy atom. The van der Waals surface area contributed by atoms with Crippen LogP contribution in [0.1, 0.15) is 0 Å². The first kappa shape index (κ1) is 38.8. The van der Waals surface area contributed by atoms with Crippen LogP contribution in [-0.2, 0) is 0 Å². The molecule has 0 atom stereocenters. The Labute approximate surface area is 396 Å². The van der Waals surface area contributed by atoms with Gasteiger partial charge in [0, 0.05) is 78.2 Å². The molecule has 0 unspecified atom stereocenters. The normalized spacial score (nSPS) is 11.8. The predicted octanol–water partition coefficient (Wildman–Crippen LogP) is 15.2. The van der Waals surface area contributed by atoms with Crippen molar-refractivity contribution in [3.8, 4) is 62.4 Å². The van der Waals surface area contributed by atoms with Gasteiger partial charge in [-0.2, -0.15) is 0 Å². The summed E-state index contributed by atoms with van der Waals surface area (Å²) in [5.74, 6) is 1.48. The van der Waals surface area contributed by atoms with Crippen molar-refractivity contribution < 1.29 is 0 Å². The summed E-state index contributed by atoms with van der Waals surface area (Å²) in [6.45, 7) is 0. The number of hydrogen-bond acceptors (Lipinski definition) is 4. The first-order valence-electron chi connectivity index (χ1n) is 23.2. The lowest BCUT2D eigenvalue weighted by Crippen LogP contribution is -2.02. The van der Waals surface area contributed by atoms with Crippen LogP contribution in [0.3, 0.4) is 0 Å². The van der Waals surface area contributed by atoms with Crippen LogP contribution < -0.4 is 0 Å². The van der Waals surface area contributed by atoms with E-state index in [-0.39, 0.29) is 0 Å². The van der Waals surface area contributed by atoms with E-state index in [4.69, 9.17) is 15.0 Å². The first-order chi connectivity index (χ1) is 34.2. The fraction of sp³-hybridized carbons (Fsp3) is 0. The Kier molecular flexibility index (Phi) is 8.75. The van der Waals surface area contributed by atoms with Gasteiger partial charge in [-0.05, 0) is 78.9 Å². The van der Waals surface area contributed by atoms with Gasteiger partial charge in [0.15, 0.2) is 5.82 Å². The molecule has 0 N–H and O–H groups in total. The van der Waals surface area contributed by atoms with Crippen LogP contribution in [0.4, 0.5) is 0 Å². The molecule has 0 spiro atoms. The van der Waals surface area contributed by atoms with Gasteiger partial charge in [-0.1, -0.05) is 140 Å². The molecule has 0 fully saturated rings. The molecule has 0 aliphatic carbocycles. The van der Waals surface area contributed by atoms with Crippen molar-refractivity contribution in [1.82, 2.24) is 33.6 Å². The number of pyridine rings is 2. The van der Waals surface area contributed by atoms with Crippen LogP contribution in [0.25, 0.3) is 128 Å². The molecule has 322 valence electrons. The van der Waals surface area contributed by atoms with E-state index >= 15 is 0 Å². The van der Waals surface area contributed by atoms with Crippen molar-refractivity contribution >= 4 is 65.4 Å². The van der Waals surface area contributed by atoms with E-state index in [1.165, 1.54) is 21.5 Å². The van der Waals surface area contributed by atoms with E-state index in [0.29, 0.717) is 5.82 Å². The summed E-state index contributed by atoms with van der Waals surface area (Å²) in [7, 11) is 0. The molecular weight excluding hydrogens is 843 g/mol. The summed E-state index contributed by atoms with van der Waals surface area (Å²) < 4.78 is 6.97. The number of nitrogens with zero attached hydrogens (tertiary/aromatic N) is 7. The van der Waals surface area contributed by atoms with Crippen molar-refractivity contribution in [3.63, 3.8) is 0 Å². The molecular formula is C62H39N7. The zero-order chi connectivity index (χ0) is 45.4. The molecule has 69 heavy (non-hydrogen) atoms. The zero-order valence-corrected chi connectivity index (χ0v) is 37.1. The summed E-state index contributed by atoms with van der Waals surface area (Å²) >= 11 is 0. The summed E-state index contributed by atoms with van der Waals surface area (Å²) in [6, 6.07) is 79.2. The second-order valence-corrected chi connectivity index (χ2v) is 17.5. The number of hydrogen-bond donors (Lipinski definition) is 0. The highest BCUT2D eigenvalue weighted by atomic mass is 15.1. The molecule has 6 heterocycles. The lowest BCUT2D eigenvalue weighted by Gasteiger charge is -2.12. The number of aromatic nitrogens is 7. The third-order valence-electron chi connectivity index (χ3n) is 13.6. The lowest BCUT2D eigenvalue weighted by atomic mass is 10.0. The second kappa shape index (κ2) is 15.6. The Bertz CT molecular complexity index is 4240. The van der Waals surface area contributed by atoms with Crippen molar-refractivity contribution in [3.05, 3.63) is 237 Å². The van der Waals surface area contributed by atoms with Crippen LogP contribution >= 0.6 is 0 Å². The molecule has 14 rings (SSSR count). The van der Waals surface area contributed by atoms with Gasteiger partial charge in [-0.25, -0.2) is 15.0 Å². The van der Waals surface area contributed by atoms with Crippen LogP contribution in [0, 0.1) is 0 Å². The van der Waals surface area contributed by atoms with Crippen LogP contribution in [0.2, 0.25) is 0 Å². The maximum absolute atomic E-state index is 5.38. The fourth-order valence-electron chi connectivity index (χ4n) is 10.4. The molecule has 0 radical (unpaired) electrons. The van der Waals surface area contributed by atoms with Crippen molar-refractivity contribution in [2.75, 3.05) is 0 Å². The number of rotatable bonds is 7. The number of fused-ring (bicyclic) bond motifs is 9. The Morgan fingerprint density at radius 1 is 0.275 bits per heavy atom. The first-order valence-corrected chi connectivity index (χ1v) is 23.2. The van der Waals surface area contributed by atoms with Gasteiger partial charge in [-0.3, -0.25) is 9.55 Å². The standard InChI is InChI=1S/C62H39N7/c1-4-15-40(16-5-1)54-38-61(66-62(65-54)41-17-6-2-7-18-41)69-56-26-13-10-21-46(56)48-30-27-43(36-59(48)69)53-24-14-23-52(64-53)42-28-31-57-50(35-42)47-22-11-12-25-55(47)68(57)45-29-32-58-51(37-45)49-33-34-63-39-60(49)67(58)44-19-8-3-9-20-44/h1-39H. The largest absolute Gasteiger partial charge is 0.309 e. The highest BCUT2D eigenvalue weighted by molar-refractivity contribution is 6.13. The van der Waals surface area contributed by atoms with Gasteiger partial charge in [0.05, 0.1) is 56.4 Å². The van der Waals surface area contributed by atoms with Gasteiger partial charge in [0.25, 0.3) is 0 Å². The molecule has 7 nitrogen and oxygen atoms in total. The molecule has 0 aliphatic heterocycles. The molecule has 0 saturated carbocycles. The van der Waals surface area contributed by atoms with Crippen LogP contribution in [0.5, 0.6) is 0 Å². The van der Waals surface area contributed by atoms with Gasteiger partial charge in [0.2, 0.25) is 0 Å². The van der Waals surface area contributed by atoms with Crippen molar-refractivity contribution in [2.24, 2.45) is 0 Å². The molecule has 6 aromatic heterocycles. The highest BCUT2D eigenvalue weighted by Crippen LogP contribution is 2.40. The summed E-state index contributed by atoms with van der Waals surface area (Å²) in [6.07, 6.45) is 3.85. The molecule has 0 amide bonds. The maximum atomic E-state index is 5.38. The number of para-hydroxylation sites is 3. The Hall–Kier alpha value is -9.46. The molecule has 14 aromatic rings. The second-order valence-electron chi connectivity index (χ2n) is 17.5. The van der Waals surface area contributed by atoms with Gasteiger partial charge in [-0.15, -0.1) is 0 Å². The molecule has 0 aliphatic rings. The molecule has 0 bridgehead atoms. The average Bonchev–Trinajstić information content (AvgIpc) is 4.06. The van der Waals surface area contributed by atoms with Gasteiger partial charge in [0.1, 0.15) is 5.82 Å². The topological polar surface area (TPSA) is 66.3 Å². The average molecular weight is 882 g/mol. The molecule has 8 aromatic carbocycles. The summed E-state index contributed by atoms with van der Waals surface area (Å²) in [5, 5.41) is 7.02. The van der Waals surface area contributed by atoms with Crippen molar-refractivity contribution in [1.29, 1.82) is 0 Å². The molecule has 0 saturated heterocycles.